The summed E-state index contributed by atoms with van der Waals surface area (Å²) in [5.41, 5.74) is -0.648. The van der Waals surface area contributed by atoms with Crippen LogP contribution in [0.4, 0.5) is 0 Å². The average Bonchev–Trinajstić information content (AvgIpc) is 2.48. The van der Waals surface area contributed by atoms with Gasteiger partial charge in [-0.15, -0.1) is 0 Å². The summed E-state index contributed by atoms with van der Waals surface area (Å²) >= 11 is 0. The SMILES string of the molecule is CC(=O)OCC1(C)COC2(CC(C)(C)NC(C)(C)C2)N1. The van der Waals surface area contributed by atoms with Gasteiger partial charge in [-0.25, -0.2) is 0 Å². The molecule has 2 N–H and O–H groups in total. The largest absolute Gasteiger partial charge is 0.464 e. The number of nitrogens with one attached hydrogen (secondary N) is 2. The minimum absolute atomic E-state index is 0.00142. The Morgan fingerprint density at radius 2 is 1.65 bits per heavy atom. The zero-order valence-electron chi connectivity index (χ0n) is 13.6. The number of ether oxygens (including phenoxy) is 2. The van der Waals surface area contributed by atoms with Gasteiger partial charge in [0.05, 0.1) is 12.1 Å². The summed E-state index contributed by atoms with van der Waals surface area (Å²) in [6.07, 6.45) is 1.78. The molecule has 0 aliphatic carbocycles. The zero-order valence-corrected chi connectivity index (χ0v) is 13.6. The zero-order chi connectivity index (χ0) is 15.2. The maximum absolute atomic E-state index is 11.0. The van der Waals surface area contributed by atoms with Crippen LogP contribution in [-0.2, 0) is 14.3 Å². The van der Waals surface area contributed by atoms with E-state index in [0.717, 1.165) is 12.8 Å². The van der Waals surface area contributed by atoms with Crippen LogP contribution in [0.5, 0.6) is 0 Å². The fourth-order valence-corrected chi connectivity index (χ4v) is 3.94. The van der Waals surface area contributed by atoms with E-state index in [9.17, 15) is 4.79 Å². The van der Waals surface area contributed by atoms with Crippen LogP contribution >= 0.6 is 0 Å². The monoisotopic (exact) mass is 284 g/mol. The van der Waals surface area contributed by atoms with E-state index in [2.05, 4.69) is 38.3 Å². The number of piperidine rings is 1. The first kappa shape index (κ1) is 15.7. The van der Waals surface area contributed by atoms with Gasteiger partial charge < -0.3 is 14.8 Å². The molecule has 0 saturated carbocycles. The second-order valence-electron chi connectivity index (χ2n) is 8.00. The first-order valence-electron chi connectivity index (χ1n) is 7.31. The summed E-state index contributed by atoms with van der Waals surface area (Å²) in [4.78, 5) is 11.0. The summed E-state index contributed by atoms with van der Waals surface area (Å²) < 4.78 is 11.3. The van der Waals surface area contributed by atoms with Crippen molar-refractivity contribution in [1.82, 2.24) is 10.6 Å². The van der Waals surface area contributed by atoms with E-state index in [-0.39, 0.29) is 28.3 Å². The molecule has 1 unspecified atom stereocenters. The lowest BCUT2D eigenvalue weighted by atomic mass is 9.77. The van der Waals surface area contributed by atoms with Crippen molar-refractivity contribution < 1.29 is 14.3 Å². The summed E-state index contributed by atoms with van der Waals surface area (Å²) in [6.45, 7) is 13.2. The maximum Gasteiger partial charge on any atom is 0.302 e. The Hall–Kier alpha value is -0.650. The third kappa shape index (κ3) is 3.51. The smallest absolute Gasteiger partial charge is 0.302 e. The van der Waals surface area contributed by atoms with Crippen molar-refractivity contribution >= 4 is 5.97 Å². The summed E-state index contributed by atoms with van der Waals surface area (Å²) in [7, 11) is 0. The lowest BCUT2D eigenvalue weighted by Crippen LogP contribution is -2.68. The van der Waals surface area contributed by atoms with Gasteiger partial charge in [0.2, 0.25) is 0 Å². The molecule has 0 aromatic heterocycles. The van der Waals surface area contributed by atoms with E-state index in [1.54, 1.807) is 0 Å². The molecular formula is C15H28N2O3. The molecule has 2 saturated heterocycles. The highest BCUT2D eigenvalue weighted by molar-refractivity contribution is 5.66. The van der Waals surface area contributed by atoms with Crippen molar-refractivity contribution in [3.63, 3.8) is 0 Å². The quantitative estimate of drug-likeness (QED) is 0.754. The number of carbonyl (C=O) groups is 1. The number of rotatable bonds is 2. The first-order valence-corrected chi connectivity index (χ1v) is 7.31. The van der Waals surface area contributed by atoms with Crippen molar-refractivity contribution in [1.29, 1.82) is 0 Å². The third-order valence-corrected chi connectivity index (χ3v) is 3.92. The van der Waals surface area contributed by atoms with Gasteiger partial charge in [0, 0.05) is 30.8 Å². The van der Waals surface area contributed by atoms with E-state index in [1.807, 2.05) is 6.92 Å². The number of esters is 1. The van der Waals surface area contributed by atoms with E-state index < -0.39 is 0 Å². The van der Waals surface area contributed by atoms with Gasteiger partial charge in [0.15, 0.2) is 0 Å². The van der Waals surface area contributed by atoms with Gasteiger partial charge in [0.25, 0.3) is 0 Å². The molecule has 0 radical (unpaired) electrons. The molecule has 0 amide bonds. The van der Waals surface area contributed by atoms with Crippen LogP contribution < -0.4 is 10.6 Å². The second-order valence-corrected chi connectivity index (χ2v) is 8.00. The van der Waals surface area contributed by atoms with Gasteiger partial charge in [-0.05, 0) is 34.6 Å². The van der Waals surface area contributed by atoms with E-state index in [0.29, 0.717) is 13.2 Å². The van der Waals surface area contributed by atoms with E-state index in [1.165, 1.54) is 6.92 Å². The van der Waals surface area contributed by atoms with Crippen LogP contribution in [0.2, 0.25) is 0 Å². The fraction of sp³-hybridized carbons (Fsp3) is 0.933. The van der Waals surface area contributed by atoms with Crippen molar-refractivity contribution in [3.8, 4) is 0 Å². The van der Waals surface area contributed by atoms with Gasteiger partial charge >= 0.3 is 5.97 Å². The van der Waals surface area contributed by atoms with Crippen LogP contribution in [0, 0.1) is 0 Å². The molecular weight excluding hydrogens is 256 g/mol. The fourth-order valence-electron chi connectivity index (χ4n) is 3.94. The lowest BCUT2D eigenvalue weighted by molar-refractivity contribution is -0.142. The Kier molecular flexibility index (Phi) is 3.68. The average molecular weight is 284 g/mol. The Morgan fingerprint density at radius 3 is 2.15 bits per heavy atom. The van der Waals surface area contributed by atoms with Crippen LogP contribution in [0.3, 0.4) is 0 Å². The van der Waals surface area contributed by atoms with E-state index in [4.69, 9.17) is 9.47 Å². The maximum atomic E-state index is 11.0. The van der Waals surface area contributed by atoms with Crippen molar-refractivity contribution in [2.24, 2.45) is 0 Å². The molecule has 1 atom stereocenters. The standard InChI is InChI=1S/C15H28N2O3/c1-11(18)19-9-14(6)10-20-15(17-14)7-12(2,3)16-13(4,5)8-15/h16-17H,7-10H2,1-6H3. The Morgan fingerprint density at radius 1 is 1.10 bits per heavy atom. The highest BCUT2D eigenvalue weighted by atomic mass is 16.6. The highest BCUT2D eigenvalue weighted by Crippen LogP contribution is 2.41. The van der Waals surface area contributed by atoms with Gasteiger partial charge in [-0.1, -0.05) is 0 Å². The molecule has 116 valence electrons. The van der Waals surface area contributed by atoms with E-state index >= 15 is 0 Å². The van der Waals surface area contributed by atoms with Crippen molar-refractivity contribution in [2.45, 2.75) is 76.7 Å². The predicted octanol–water partition coefficient (Wildman–Crippen LogP) is 1.56. The Labute approximate surface area is 121 Å². The summed E-state index contributed by atoms with van der Waals surface area (Å²) in [5.74, 6) is -0.250. The topological polar surface area (TPSA) is 59.6 Å². The van der Waals surface area contributed by atoms with Crippen LogP contribution in [0.15, 0.2) is 0 Å². The Bertz CT molecular complexity index is 390. The normalized spacial score (nSPS) is 34.1. The van der Waals surface area contributed by atoms with Gasteiger partial charge in [0.1, 0.15) is 12.3 Å². The van der Waals surface area contributed by atoms with Gasteiger partial charge in [-0.2, -0.15) is 0 Å². The molecule has 2 aliphatic heterocycles. The molecule has 20 heavy (non-hydrogen) atoms. The molecule has 5 nitrogen and oxygen atoms in total. The number of carbonyl (C=O) groups excluding carboxylic acids is 1. The lowest BCUT2D eigenvalue weighted by Gasteiger charge is -2.51. The summed E-state index contributed by atoms with van der Waals surface area (Å²) in [6, 6.07) is 0. The minimum atomic E-state index is -0.340. The molecule has 2 aliphatic rings. The minimum Gasteiger partial charge on any atom is -0.464 e. The molecule has 5 heteroatoms. The second kappa shape index (κ2) is 4.68. The van der Waals surface area contributed by atoms with Crippen LogP contribution in [0.25, 0.3) is 0 Å². The molecule has 0 aromatic rings. The summed E-state index contributed by atoms with van der Waals surface area (Å²) in [5, 5.41) is 7.27. The highest BCUT2D eigenvalue weighted by Gasteiger charge is 2.54. The molecule has 0 bridgehead atoms. The van der Waals surface area contributed by atoms with Crippen LogP contribution in [-0.4, -0.2) is 41.5 Å². The molecule has 1 spiro atoms. The first-order chi connectivity index (χ1) is 8.95. The molecule has 2 rings (SSSR count). The Balaban J connectivity index is 2.11. The number of hydrogen-bond acceptors (Lipinski definition) is 5. The van der Waals surface area contributed by atoms with Crippen LogP contribution in [0.1, 0.15) is 54.4 Å². The number of hydrogen-bond donors (Lipinski definition) is 2. The molecule has 2 heterocycles. The third-order valence-electron chi connectivity index (χ3n) is 3.92. The predicted molar refractivity (Wildman–Crippen MR) is 77.4 cm³/mol. The molecule has 2 fully saturated rings. The van der Waals surface area contributed by atoms with Crippen molar-refractivity contribution in [2.75, 3.05) is 13.2 Å². The van der Waals surface area contributed by atoms with Gasteiger partial charge in [-0.3, -0.25) is 10.1 Å². The van der Waals surface area contributed by atoms with Crippen molar-refractivity contribution in [3.05, 3.63) is 0 Å². The molecule has 0 aromatic carbocycles.